The lowest BCUT2D eigenvalue weighted by Crippen LogP contribution is -2.52. The average Bonchev–Trinajstić information content (AvgIpc) is 2.96. The zero-order chi connectivity index (χ0) is 14.8. The van der Waals surface area contributed by atoms with E-state index in [-0.39, 0.29) is 11.9 Å². The molecule has 0 radical (unpaired) electrons. The summed E-state index contributed by atoms with van der Waals surface area (Å²) in [5, 5.41) is 0. The van der Waals surface area contributed by atoms with Gasteiger partial charge >= 0.3 is 5.97 Å². The van der Waals surface area contributed by atoms with Gasteiger partial charge in [-0.25, -0.2) is 4.79 Å². The molecule has 0 aromatic carbocycles. The quantitative estimate of drug-likeness (QED) is 0.792. The molecule has 5 nitrogen and oxygen atoms in total. The van der Waals surface area contributed by atoms with E-state index in [4.69, 9.17) is 10.5 Å². The summed E-state index contributed by atoms with van der Waals surface area (Å²) >= 11 is 0. The monoisotopic (exact) mass is 282 g/mol. The first kappa shape index (κ1) is 15.3. The Morgan fingerprint density at radius 1 is 1.30 bits per heavy atom. The van der Waals surface area contributed by atoms with E-state index in [1.807, 2.05) is 0 Å². The lowest BCUT2D eigenvalue weighted by molar-refractivity contribution is -0.156. The maximum absolute atomic E-state index is 12.9. The largest absolute Gasteiger partial charge is 0.467 e. The molecular weight excluding hydrogens is 256 g/mol. The predicted molar refractivity (Wildman–Crippen MR) is 75.9 cm³/mol. The number of methoxy groups -OCH3 is 1. The molecule has 1 unspecified atom stereocenters. The smallest absolute Gasteiger partial charge is 0.328 e. The van der Waals surface area contributed by atoms with Crippen LogP contribution in [0.15, 0.2) is 0 Å². The summed E-state index contributed by atoms with van der Waals surface area (Å²) in [6.45, 7) is 3.25. The number of likely N-dealkylation sites (tertiary alicyclic amines) is 1. The fourth-order valence-electron chi connectivity index (χ4n) is 3.52. The first-order valence-electron chi connectivity index (χ1n) is 7.63. The number of ether oxygens (including phenoxy) is 1. The van der Waals surface area contributed by atoms with Crippen LogP contribution in [0.2, 0.25) is 0 Å². The van der Waals surface area contributed by atoms with E-state index < -0.39 is 11.5 Å². The average molecular weight is 282 g/mol. The van der Waals surface area contributed by atoms with Gasteiger partial charge in [0.1, 0.15) is 6.04 Å². The number of nitrogens with two attached hydrogens (primary N) is 1. The minimum atomic E-state index is -0.455. The van der Waals surface area contributed by atoms with Gasteiger partial charge in [0.05, 0.1) is 12.5 Å². The molecule has 20 heavy (non-hydrogen) atoms. The lowest BCUT2D eigenvalue weighted by atomic mass is 9.70. The van der Waals surface area contributed by atoms with Gasteiger partial charge in [-0.05, 0) is 44.4 Å². The zero-order valence-electron chi connectivity index (χ0n) is 12.6. The SMILES string of the molecule is COC(=O)C1CCCN1C(=O)C1(CN)CCC(C)CC1. The van der Waals surface area contributed by atoms with Crippen molar-refractivity contribution in [2.45, 2.75) is 51.5 Å². The summed E-state index contributed by atoms with van der Waals surface area (Å²) < 4.78 is 4.82. The summed E-state index contributed by atoms with van der Waals surface area (Å²) in [5.41, 5.74) is 5.49. The van der Waals surface area contributed by atoms with Gasteiger partial charge in [-0.15, -0.1) is 0 Å². The molecule has 1 aliphatic heterocycles. The molecule has 1 aliphatic carbocycles. The Balaban J connectivity index is 2.14. The molecule has 0 bridgehead atoms. The molecule has 2 fully saturated rings. The van der Waals surface area contributed by atoms with Gasteiger partial charge in [-0.2, -0.15) is 0 Å². The molecule has 1 heterocycles. The second kappa shape index (κ2) is 6.12. The minimum Gasteiger partial charge on any atom is -0.467 e. The molecule has 114 valence electrons. The van der Waals surface area contributed by atoms with Crippen LogP contribution in [0.1, 0.15) is 45.4 Å². The van der Waals surface area contributed by atoms with Crippen molar-refractivity contribution in [2.75, 3.05) is 20.2 Å². The van der Waals surface area contributed by atoms with Crippen molar-refractivity contribution in [2.24, 2.45) is 17.1 Å². The van der Waals surface area contributed by atoms with Gasteiger partial charge in [0.2, 0.25) is 5.91 Å². The van der Waals surface area contributed by atoms with Gasteiger partial charge in [-0.1, -0.05) is 6.92 Å². The van der Waals surface area contributed by atoms with E-state index in [1.54, 1.807) is 4.90 Å². The molecule has 5 heteroatoms. The van der Waals surface area contributed by atoms with E-state index in [0.29, 0.717) is 25.4 Å². The molecule has 2 aliphatic rings. The Kier molecular flexibility index (Phi) is 4.68. The lowest BCUT2D eigenvalue weighted by Gasteiger charge is -2.40. The summed E-state index contributed by atoms with van der Waals surface area (Å²) in [6.07, 6.45) is 5.33. The summed E-state index contributed by atoms with van der Waals surface area (Å²) in [4.78, 5) is 26.5. The number of carbonyl (C=O) groups is 2. The highest BCUT2D eigenvalue weighted by Crippen LogP contribution is 2.41. The van der Waals surface area contributed by atoms with Crippen LogP contribution in [-0.4, -0.2) is 43.0 Å². The highest BCUT2D eigenvalue weighted by Gasteiger charge is 2.46. The Labute approximate surface area is 120 Å². The summed E-state index contributed by atoms with van der Waals surface area (Å²) in [7, 11) is 1.38. The van der Waals surface area contributed by atoms with Crippen LogP contribution in [0.25, 0.3) is 0 Å². The van der Waals surface area contributed by atoms with Crippen LogP contribution in [0.4, 0.5) is 0 Å². The second-order valence-electron chi connectivity index (χ2n) is 6.35. The molecule has 0 aromatic heterocycles. The van der Waals surface area contributed by atoms with Crippen LogP contribution >= 0.6 is 0 Å². The van der Waals surface area contributed by atoms with Crippen molar-refractivity contribution < 1.29 is 14.3 Å². The normalized spacial score (nSPS) is 34.0. The molecule has 0 aromatic rings. The van der Waals surface area contributed by atoms with E-state index in [1.165, 1.54) is 7.11 Å². The number of amides is 1. The number of hydrogen-bond acceptors (Lipinski definition) is 4. The fourth-order valence-corrected chi connectivity index (χ4v) is 3.52. The fraction of sp³-hybridized carbons (Fsp3) is 0.867. The van der Waals surface area contributed by atoms with Crippen molar-refractivity contribution in [1.29, 1.82) is 0 Å². The number of hydrogen-bond donors (Lipinski definition) is 1. The standard InChI is InChI=1S/C15H26N2O3/c1-11-5-7-15(10-16,8-6-11)14(19)17-9-3-4-12(17)13(18)20-2/h11-12H,3-10,16H2,1-2H3. The van der Waals surface area contributed by atoms with E-state index in [2.05, 4.69) is 6.92 Å². The number of esters is 1. The summed E-state index contributed by atoms with van der Waals surface area (Å²) in [5.74, 6) is 0.435. The maximum Gasteiger partial charge on any atom is 0.328 e. The van der Waals surface area contributed by atoms with Gasteiger partial charge in [0.15, 0.2) is 0 Å². The van der Waals surface area contributed by atoms with E-state index in [0.717, 1.165) is 32.1 Å². The third-order valence-corrected chi connectivity index (χ3v) is 5.06. The zero-order valence-corrected chi connectivity index (χ0v) is 12.6. The van der Waals surface area contributed by atoms with Gasteiger partial charge < -0.3 is 15.4 Å². The highest BCUT2D eigenvalue weighted by atomic mass is 16.5. The third-order valence-electron chi connectivity index (χ3n) is 5.06. The number of nitrogens with zero attached hydrogens (tertiary/aromatic N) is 1. The summed E-state index contributed by atoms with van der Waals surface area (Å²) in [6, 6.07) is -0.407. The third kappa shape index (κ3) is 2.68. The molecule has 1 atom stereocenters. The molecular formula is C15H26N2O3. The van der Waals surface area contributed by atoms with Crippen LogP contribution < -0.4 is 5.73 Å². The number of carbonyl (C=O) groups excluding carboxylic acids is 2. The second-order valence-corrected chi connectivity index (χ2v) is 6.35. The van der Waals surface area contributed by atoms with Crippen molar-refractivity contribution in [3.63, 3.8) is 0 Å². The van der Waals surface area contributed by atoms with Crippen molar-refractivity contribution in [1.82, 2.24) is 4.90 Å². The Hall–Kier alpha value is -1.10. The predicted octanol–water partition coefficient (Wildman–Crippen LogP) is 1.31. The topological polar surface area (TPSA) is 72.6 Å². The molecule has 1 saturated heterocycles. The molecule has 0 spiro atoms. The highest BCUT2D eigenvalue weighted by molar-refractivity contribution is 5.89. The number of rotatable bonds is 3. The Morgan fingerprint density at radius 2 is 1.95 bits per heavy atom. The van der Waals surface area contributed by atoms with Crippen LogP contribution in [0.3, 0.4) is 0 Å². The first-order chi connectivity index (χ1) is 9.54. The Morgan fingerprint density at radius 3 is 2.50 bits per heavy atom. The van der Waals surface area contributed by atoms with E-state index in [9.17, 15) is 9.59 Å². The van der Waals surface area contributed by atoms with Gasteiger partial charge in [0, 0.05) is 13.1 Å². The molecule has 1 saturated carbocycles. The van der Waals surface area contributed by atoms with Crippen molar-refractivity contribution in [3.05, 3.63) is 0 Å². The van der Waals surface area contributed by atoms with Crippen LogP contribution in [0, 0.1) is 11.3 Å². The van der Waals surface area contributed by atoms with Crippen molar-refractivity contribution in [3.8, 4) is 0 Å². The molecule has 2 rings (SSSR count). The van der Waals surface area contributed by atoms with E-state index >= 15 is 0 Å². The molecule has 1 amide bonds. The van der Waals surface area contributed by atoms with Gasteiger partial charge in [-0.3, -0.25) is 4.79 Å². The van der Waals surface area contributed by atoms with Crippen molar-refractivity contribution >= 4 is 11.9 Å². The van der Waals surface area contributed by atoms with Crippen LogP contribution in [0.5, 0.6) is 0 Å². The molecule has 2 N–H and O–H groups in total. The maximum atomic E-state index is 12.9. The van der Waals surface area contributed by atoms with Gasteiger partial charge in [0.25, 0.3) is 0 Å². The first-order valence-corrected chi connectivity index (χ1v) is 7.63. The Bertz CT molecular complexity index is 375. The van der Waals surface area contributed by atoms with Crippen LogP contribution in [-0.2, 0) is 14.3 Å². The minimum absolute atomic E-state index is 0.0693.